The first-order valence-electron chi connectivity index (χ1n) is 6.65. The standard InChI is InChI=1S/C14H22AsClOSi/c1-4-18(5-2,6-3)17-14(11-15)12-8-7-9-13(16)10-12/h7-10,14H,4-6,11H2,1-3H3. The Morgan fingerprint density at radius 3 is 2.28 bits per heavy atom. The summed E-state index contributed by atoms with van der Waals surface area (Å²) >= 11 is 8.72. The Balaban J connectivity index is 2.90. The van der Waals surface area contributed by atoms with E-state index < -0.39 is 8.32 Å². The number of halogens is 1. The Morgan fingerprint density at radius 2 is 1.83 bits per heavy atom. The summed E-state index contributed by atoms with van der Waals surface area (Å²) < 4.78 is 6.54. The predicted molar refractivity (Wildman–Crippen MR) is 83.0 cm³/mol. The van der Waals surface area contributed by atoms with Gasteiger partial charge in [0.25, 0.3) is 0 Å². The molecule has 1 atom stereocenters. The van der Waals surface area contributed by atoms with Crippen LogP contribution >= 0.6 is 11.6 Å². The van der Waals surface area contributed by atoms with Gasteiger partial charge in [0.05, 0.1) is 0 Å². The Labute approximate surface area is 126 Å². The van der Waals surface area contributed by atoms with Crippen molar-refractivity contribution in [2.75, 3.05) is 0 Å². The molecule has 1 aromatic rings. The Bertz CT molecular complexity index is 360. The van der Waals surface area contributed by atoms with Crippen LogP contribution in [0.1, 0.15) is 32.4 Å². The first-order chi connectivity index (χ1) is 8.60. The third-order valence-corrected chi connectivity index (χ3v) is 9.29. The SMILES string of the molecule is CC[Si](CC)(CC)OC(C[As])c1cccc(Cl)c1. The van der Waals surface area contributed by atoms with Gasteiger partial charge in [-0.15, -0.1) is 0 Å². The fourth-order valence-electron chi connectivity index (χ4n) is 2.22. The van der Waals surface area contributed by atoms with Crippen molar-refractivity contribution in [2.45, 2.75) is 50.2 Å². The summed E-state index contributed by atoms with van der Waals surface area (Å²) in [7, 11) is -1.55. The molecule has 0 N–H and O–H groups in total. The van der Waals surface area contributed by atoms with Crippen LogP contribution in [0.15, 0.2) is 24.3 Å². The van der Waals surface area contributed by atoms with Gasteiger partial charge in [0.2, 0.25) is 0 Å². The third-order valence-electron chi connectivity index (χ3n) is 3.71. The van der Waals surface area contributed by atoms with Crippen LogP contribution in [0.5, 0.6) is 0 Å². The molecule has 0 aliphatic carbocycles. The van der Waals surface area contributed by atoms with E-state index in [1.807, 2.05) is 18.2 Å². The van der Waals surface area contributed by atoms with Crippen molar-refractivity contribution in [3.63, 3.8) is 0 Å². The fourth-order valence-corrected chi connectivity index (χ4v) is 6.14. The van der Waals surface area contributed by atoms with E-state index in [1.165, 1.54) is 23.7 Å². The second-order valence-corrected chi connectivity index (χ2v) is 10.5. The molecule has 2 radical (unpaired) electrons. The predicted octanol–water partition coefficient (Wildman–Crippen LogP) is 4.99. The van der Waals surface area contributed by atoms with E-state index in [1.54, 1.807) is 0 Å². The summed E-state index contributed by atoms with van der Waals surface area (Å²) in [5.74, 6) is 0. The van der Waals surface area contributed by atoms with Gasteiger partial charge >= 0.3 is 126 Å². The molecule has 0 aliphatic heterocycles. The van der Waals surface area contributed by atoms with Crippen molar-refractivity contribution in [1.29, 1.82) is 0 Å². The number of rotatable bonds is 7. The molecule has 0 aromatic heterocycles. The van der Waals surface area contributed by atoms with E-state index >= 15 is 0 Å². The minimum atomic E-state index is -1.55. The fraction of sp³-hybridized carbons (Fsp3) is 0.571. The van der Waals surface area contributed by atoms with Gasteiger partial charge in [0.1, 0.15) is 0 Å². The first kappa shape index (κ1) is 16.3. The molecule has 4 heteroatoms. The van der Waals surface area contributed by atoms with Crippen LogP contribution < -0.4 is 0 Å². The molecule has 1 nitrogen and oxygen atoms in total. The maximum absolute atomic E-state index is 6.54. The number of hydrogen-bond acceptors (Lipinski definition) is 1. The first-order valence-corrected chi connectivity index (χ1v) is 10.9. The number of benzene rings is 1. The van der Waals surface area contributed by atoms with Crippen molar-refractivity contribution in [2.24, 2.45) is 0 Å². The molecule has 0 fully saturated rings. The second-order valence-electron chi connectivity index (χ2n) is 4.59. The zero-order chi connectivity index (χ0) is 13.6. The average Bonchev–Trinajstić information content (AvgIpc) is 2.41. The van der Waals surface area contributed by atoms with Crippen molar-refractivity contribution in [1.82, 2.24) is 0 Å². The Kier molecular flexibility index (Phi) is 7.01. The van der Waals surface area contributed by atoms with E-state index in [4.69, 9.17) is 16.0 Å². The van der Waals surface area contributed by atoms with E-state index in [2.05, 4.69) is 43.7 Å². The van der Waals surface area contributed by atoms with Crippen LogP contribution in [0.3, 0.4) is 0 Å². The van der Waals surface area contributed by atoms with Gasteiger partial charge in [-0.25, -0.2) is 0 Å². The van der Waals surface area contributed by atoms with Gasteiger partial charge in [-0.05, 0) is 0 Å². The van der Waals surface area contributed by atoms with Gasteiger partial charge in [0.15, 0.2) is 0 Å². The zero-order valence-corrected chi connectivity index (χ0v) is 15.1. The van der Waals surface area contributed by atoms with Crippen molar-refractivity contribution in [3.8, 4) is 0 Å². The van der Waals surface area contributed by atoms with Gasteiger partial charge in [-0.2, -0.15) is 0 Å². The van der Waals surface area contributed by atoms with Crippen LogP contribution in [0.2, 0.25) is 28.4 Å². The molecule has 0 heterocycles. The van der Waals surface area contributed by atoms with E-state index in [0.717, 1.165) is 10.2 Å². The topological polar surface area (TPSA) is 9.23 Å². The Morgan fingerprint density at radius 1 is 1.22 bits per heavy atom. The molecule has 0 saturated heterocycles. The van der Waals surface area contributed by atoms with E-state index in [0.29, 0.717) is 0 Å². The normalized spacial score (nSPS) is 13.6. The van der Waals surface area contributed by atoms with Crippen molar-refractivity contribution in [3.05, 3.63) is 34.9 Å². The molecular formula is C14H22AsClOSi. The third kappa shape index (κ3) is 4.13. The summed E-state index contributed by atoms with van der Waals surface area (Å²) in [6, 6.07) is 11.6. The average molecular weight is 345 g/mol. The summed E-state index contributed by atoms with van der Waals surface area (Å²) in [6.45, 7) is 6.79. The molecule has 0 bridgehead atoms. The van der Waals surface area contributed by atoms with Crippen molar-refractivity contribution >= 4 is 36.8 Å². The van der Waals surface area contributed by atoms with Crippen LogP contribution in [-0.2, 0) is 4.43 Å². The summed E-state index contributed by atoms with van der Waals surface area (Å²) in [5, 5.41) is 1.74. The molecule has 0 saturated carbocycles. The van der Waals surface area contributed by atoms with Gasteiger partial charge in [-0.3, -0.25) is 0 Å². The maximum atomic E-state index is 6.54. The van der Waals surface area contributed by atoms with Crippen LogP contribution in [0.25, 0.3) is 0 Å². The van der Waals surface area contributed by atoms with Gasteiger partial charge < -0.3 is 0 Å². The van der Waals surface area contributed by atoms with Gasteiger partial charge in [-0.1, -0.05) is 0 Å². The molecule has 1 rings (SSSR count). The quantitative estimate of drug-likeness (QED) is 0.633. The zero-order valence-electron chi connectivity index (χ0n) is 11.4. The molecule has 1 aromatic carbocycles. The van der Waals surface area contributed by atoms with Crippen LogP contribution in [0.4, 0.5) is 0 Å². The molecular weight excluding hydrogens is 323 g/mol. The van der Waals surface area contributed by atoms with Crippen LogP contribution in [-0.4, -0.2) is 25.2 Å². The van der Waals surface area contributed by atoms with Crippen molar-refractivity contribution < 1.29 is 4.43 Å². The molecule has 18 heavy (non-hydrogen) atoms. The monoisotopic (exact) mass is 344 g/mol. The van der Waals surface area contributed by atoms with E-state index in [9.17, 15) is 0 Å². The molecule has 0 aliphatic rings. The summed E-state index contributed by atoms with van der Waals surface area (Å²) in [4.78, 5) is 0. The van der Waals surface area contributed by atoms with E-state index in [-0.39, 0.29) is 6.10 Å². The minimum absolute atomic E-state index is 0.176. The number of hydrogen-bond donors (Lipinski definition) is 0. The summed E-state index contributed by atoms with van der Waals surface area (Å²) in [6.07, 6.45) is 0.176. The molecule has 0 spiro atoms. The molecule has 100 valence electrons. The molecule has 0 amide bonds. The van der Waals surface area contributed by atoms with Gasteiger partial charge in [0, 0.05) is 0 Å². The van der Waals surface area contributed by atoms with Crippen LogP contribution in [0, 0.1) is 0 Å². The molecule has 1 unspecified atom stereocenters. The summed E-state index contributed by atoms with van der Waals surface area (Å²) in [5.41, 5.74) is 1.20. The Hall–Kier alpha value is 0.245. The second kappa shape index (κ2) is 7.74.